The number of rotatable bonds is 5. The fraction of sp³-hybridized carbons (Fsp3) is 0.350. The largest absolute Gasteiger partial charge is 0.348 e. The Morgan fingerprint density at radius 1 is 1.04 bits per heavy atom. The van der Waals surface area contributed by atoms with Gasteiger partial charge in [0.2, 0.25) is 5.91 Å². The molecular weight excluding hydrogens is 370 g/mol. The number of benzene rings is 2. The van der Waals surface area contributed by atoms with Crippen LogP contribution in [0.2, 0.25) is 5.02 Å². The highest BCUT2D eigenvalue weighted by molar-refractivity contribution is 7.93. The van der Waals surface area contributed by atoms with E-state index in [9.17, 15) is 13.2 Å². The van der Waals surface area contributed by atoms with Gasteiger partial charge in [0.25, 0.3) is 0 Å². The highest BCUT2D eigenvalue weighted by Crippen LogP contribution is 2.41. The van der Waals surface area contributed by atoms with Gasteiger partial charge in [0.1, 0.15) is 0 Å². The van der Waals surface area contributed by atoms with Gasteiger partial charge < -0.3 is 5.32 Å². The van der Waals surface area contributed by atoms with Crippen LogP contribution >= 0.6 is 11.6 Å². The summed E-state index contributed by atoms with van der Waals surface area (Å²) in [6, 6.07) is 15.1. The second-order valence-electron chi connectivity index (χ2n) is 6.73. The molecule has 6 heteroatoms. The summed E-state index contributed by atoms with van der Waals surface area (Å²) in [4.78, 5) is 13.3. The second kappa shape index (κ2) is 7.41. The summed E-state index contributed by atoms with van der Waals surface area (Å²) in [6.45, 7) is 1.82. The molecule has 3 rings (SSSR count). The lowest BCUT2D eigenvalue weighted by Gasteiger charge is -2.29. The van der Waals surface area contributed by atoms with Crippen LogP contribution < -0.4 is 5.32 Å². The maximum atomic E-state index is 13.3. The van der Waals surface area contributed by atoms with E-state index in [2.05, 4.69) is 5.32 Å². The van der Waals surface area contributed by atoms with Crippen molar-refractivity contribution in [3.05, 3.63) is 65.2 Å². The molecule has 0 saturated heterocycles. The van der Waals surface area contributed by atoms with E-state index in [4.69, 9.17) is 11.6 Å². The van der Waals surface area contributed by atoms with E-state index in [1.54, 1.807) is 36.4 Å². The van der Waals surface area contributed by atoms with Crippen molar-refractivity contribution >= 4 is 27.3 Å². The van der Waals surface area contributed by atoms with E-state index in [0.717, 1.165) is 18.4 Å². The van der Waals surface area contributed by atoms with E-state index < -0.39 is 20.5 Å². The molecule has 0 radical (unpaired) electrons. The lowest BCUT2D eigenvalue weighted by molar-refractivity contribution is -0.124. The van der Waals surface area contributed by atoms with Crippen LogP contribution in [-0.4, -0.2) is 19.1 Å². The van der Waals surface area contributed by atoms with E-state index in [-0.39, 0.29) is 10.9 Å². The Kier molecular flexibility index (Phi) is 5.39. The average Bonchev–Trinajstić information content (AvgIpc) is 3.14. The number of hydrogen-bond acceptors (Lipinski definition) is 3. The summed E-state index contributed by atoms with van der Waals surface area (Å²) >= 11 is 6.21. The molecule has 4 nitrogen and oxygen atoms in total. The Hall–Kier alpha value is -1.85. The summed E-state index contributed by atoms with van der Waals surface area (Å²) in [7, 11) is -3.78. The molecule has 1 fully saturated rings. The van der Waals surface area contributed by atoms with Crippen LogP contribution in [0.25, 0.3) is 0 Å². The molecular formula is C20H22ClNO3S. The third kappa shape index (κ3) is 3.26. The normalized spacial score (nSPS) is 17.6. The van der Waals surface area contributed by atoms with Crippen LogP contribution in [0.4, 0.5) is 0 Å². The number of nitrogens with one attached hydrogen (secondary N) is 1. The topological polar surface area (TPSA) is 63.2 Å². The molecule has 2 aromatic rings. The van der Waals surface area contributed by atoms with Gasteiger partial charge in [0.05, 0.1) is 10.9 Å². The maximum Gasteiger partial charge on any atom is 0.242 e. The molecule has 1 unspecified atom stereocenters. The molecule has 0 aliphatic heterocycles. The fourth-order valence-corrected chi connectivity index (χ4v) is 6.02. The first-order chi connectivity index (χ1) is 12.4. The predicted octanol–water partition coefficient (Wildman–Crippen LogP) is 4.30. The van der Waals surface area contributed by atoms with Gasteiger partial charge in [-0.15, -0.1) is 0 Å². The first-order valence-electron chi connectivity index (χ1n) is 8.73. The summed E-state index contributed by atoms with van der Waals surface area (Å²) in [5.74, 6) is -0.439. The maximum absolute atomic E-state index is 13.3. The lowest BCUT2D eigenvalue weighted by Crippen LogP contribution is -2.51. The highest BCUT2D eigenvalue weighted by Gasteiger charge is 2.53. The van der Waals surface area contributed by atoms with Gasteiger partial charge in [-0.05, 0) is 43.5 Å². The molecule has 2 aromatic carbocycles. The minimum atomic E-state index is -3.78. The van der Waals surface area contributed by atoms with Gasteiger partial charge in [-0.2, -0.15) is 0 Å². The van der Waals surface area contributed by atoms with E-state index in [0.29, 0.717) is 17.9 Å². The minimum absolute atomic E-state index is 0.197. The molecule has 0 heterocycles. The number of hydrogen-bond donors (Lipinski definition) is 1. The van der Waals surface area contributed by atoms with Gasteiger partial charge in [0, 0.05) is 5.02 Å². The van der Waals surface area contributed by atoms with Crippen LogP contribution in [0.3, 0.4) is 0 Å². The molecule has 0 spiro atoms. The molecule has 1 N–H and O–H groups in total. The summed E-state index contributed by atoms with van der Waals surface area (Å²) in [5.41, 5.74) is 0.771. The minimum Gasteiger partial charge on any atom is -0.348 e. The third-order valence-electron chi connectivity index (χ3n) is 5.11. The fourth-order valence-electron chi connectivity index (χ4n) is 3.62. The zero-order chi connectivity index (χ0) is 18.8. The van der Waals surface area contributed by atoms with Crippen LogP contribution in [0.15, 0.2) is 59.5 Å². The van der Waals surface area contributed by atoms with Crippen molar-refractivity contribution in [2.75, 3.05) is 0 Å². The van der Waals surface area contributed by atoms with Crippen LogP contribution in [-0.2, 0) is 14.6 Å². The molecule has 1 aliphatic rings. The number of sulfone groups is 1. The van der Waals surface area contributed by atoms with Crippen LogP contribution in [0, 0.1) is 0 Å². The Bertz CT molecular complexity index is 890. The Labute approximate surface area is 159 Å². The summed E-state index contributed by atoms with van der Waals surface area (Å²) < 4.78 is 25.2. The van der Waals surface area contributed by atoms with Crippen molar-refractivity contribution < 1.29 is 13.2 Å². The van der Waals surface area contributed by atoms with Crippen LogP contribution in [0.1, 0.15) is 44.2 Å². The van der Waals surface area contributed by atoms with Gasteiger partial charge >= 0.3 is 0 Å². The molecule has 138 valence electrons. The van der Waals surface area contributed by atoms with E-state index in [1.807, 2.05) is 25.1 Å². The van der Waals surface area contributed by atoms with Crippen molar-refractivity contribution in [3.8, 4) is 0 Å². The molecule has 1 saturated carbocycles. The number of amides is 1. The summed E-state index contributed by atoms with van der Waals surface area (Å²) in [6.07, 6.45) is 2.12. The molecule has 0 aromatic heterocycles. The number of carbonyl (C=O) groups is 1. The first kappa shape index (κ1) is 18.9. The zero-order valence-electron chi connectivity index (χ0n) is 14.6. The van der Waals surface area contributed by atoms with Gasteiger partial charge in [0.15, 0.2) is 14.6 Å². The Morgan fingerprint density at radius 3 is 2.23 bits per heavy atom. The second-order valence-corrected chi connectivity index (χ2v) is 9.40. The average molecular weight is 392 g/mol. The molecule has 1 atom stereocenters. The first-order valence-corrected chi connectivity index (χ1v) is 10.6. The van der Waals surface area contributed by atoms with Crippen molar-refractivity contribution in [3.63, 3.8) is 0 Å². The van der Waals surface area contributed by atoms with E-state index in [1.165, 1.54) is 0 Å². The molecule has 1 aliphatic carbocycles. The Balaban J connectivity index is 1.93. The van der Waals surface area contributed by atoms with Crippen molar-refractivity contribution in [2.45, 2.75) is 48.3 Å². The van der Waals surface area contributed by atoms with Crippen molar-refractivity contribution in [1.82, 2.24) is 5.32 Å². The third-order valence-corrected chi connectivity index (χ3v) is 7.97. The number of halogens is 1. The predicted molar refractivity (Wildman–Crippen MR) is 103 cm³/mol. The van der Waals surface area contributed by atoms with Gasteiger partial charge in [-0.1, -0.05) is 60.8 Å². The van der Waals surface area contributed by atoms with Crippen LogP contribution in [0.5, 0.6) is 0 Å². The monoisotopic (exact) mass is 391 g/mol. The smallest absolute Gasteiger partial charge is 0.242 e. The Morgan fingerprint density at radius 2 is 1.62 bits per heavy atom. The number of carbonyl (C=O) groups excluding carboxylic acids is 1. The highest BCUT2D eigenvalue weighted by atomic mass is 35.5. The summed E-state index contributed by atoms with van der Waals surface area (Å²) in [5, 5.41) is 3.44. The zero-order valence-corrected chi connectivity index (χ0v) is 16.2. The molecule has 1 amide bonds. The SMILES string of the molecule is CC(NC(=O)C1(S(=O)(=O)c2ccccc2)CCCC1)c1ccccc1Cl. The molecule has 26 heavy (non-hydrogen) atoms. The lowest BCUT2D eigenvalue weighted by atomic mass is 10.0. The van der Waals surface area contributed by atoms with Crippen molar-refractivity contribution in [2.24, 2.45) is 0 Å². The van der Waals surface area contributed by atoms with E-state index >= 15 is 0 Å². The standard InChI is InChI=1S/C20H22ClNO3S/c1-15(17-11-5-6-12-18(17)21)22-19(23)20(13-7-8-14-20)26(24,25)16-9-3-2-4-10-16/h2-6,9-12,15H,7-8,13-14H2,1H3,(H,22,23). The van der Waals surface area contributed by atoms with Gasteiger partial charge in [-0.25, -0.2) is 8.42 Å². The molecule has 0 bridgehead atoms. The van der Waals surface area contributed by atoms with Crippen molar-refractivity contribution in [1.29, 1.82) is 0 Å². The van der Waals surface area contributed by atoms with Gasteiger partial charge in [-0.3, -0.25) is 4.79 Å². The quantitative estimate of drug-likeness (QED) is 0.826.